The predicted octanol–water partition coefficient (Wildman–Crippen LogP) is 2.99. The van der Waals surface area contributed by atoms with E-state index in [0.717, 1.165) is 4.47 Å². The molecule has 1 N–H and O–H groups in total. The Morgan fingerprint density at radius 1 is 1.38 bits per heavy atom. The summed E-state index contributed by atoms with van der Waals surface area (Å²) < 4.78 is 1.13. The molecule has 90 valence electrons. The third kappa shape index (κ3) is 2.84. The van der Waals surface area contributed by atoms with Crippen molar-refractivity contribution in [2.75, 3.05) is 20.7 Å². The minimum Gasteiger partial charge on any atom is -0.396 e. The molecule has 0 saturated carbocycles. The Labute approximate surface area is 106 Å². The first-order chi connectivity index (χ1) is 7.49. The molecule has 2 nitrogen and oxygen atoms in total. The number of aliphatic hydroxyl groups is 1. The van der Waals surface area contributed by atoms with E-state index in [1.54, 1.807) is 0 Å². The highest BCUT2D eigenvalue weighted by molar-refractivity contribution is 9.10. The van der Waals surface area contributed by atoms with Crippen molar-refractivity contribution in [1.82, 2.24) is 4.90 Å². The van der Waals surface area contributed by atoms with Crippen molar-refractivity contribution in [3.63, 3.8) is 0 Å². The van der Waals surface area contributed by atoms with Crippen LogP contribution in [0.15, 0.2) is 22.7 Å². The van der Waals surface area contributed by atoms with E-state index in [2.05, 4.69) is 60.9 Å². The fraction of sp³-hybridized carbons (Fsp3) is 0.538. The van der Waals surface area contributed by atoms with Gasteiger partial charge in [0.1, 0.15) is 0 Å². The van der Waals surface area contributed by atoms with Gasteiger partial charge in [0.2, 0.25) is 0 Å². The van der Waals surface area contributed by atoms with Crippen LogP contribution >= 0.6 is 15.9 Å². The smallest absolute Gasteiger partial charge is 0.0474 e. The molecule has 0 amide bonds. The molecular weight excluding hydrogens is 266 g/mol. The van der Waals surface area contributed by atoms with Gasteiger partial charge in [-0.25, -0.2) is 0 Å². The number of aliphatic hydroxyl groups excluding tert-OH is 1. The molecule has 0 spiro atoms. The molecule has 0 bridgehead atoms. The van der Waals surface area contributed by atoms with E-state index in [1.165, 1.54) is 11.1 Å². The number of halogens is 1. The molecule has 0 aliphatic carbocycles. The Morgan fingerprint density at radius 2 is 2.00 bits per heavy atom. The maximum absolute atomic E-state index is 9.34. The van der Waals surface area contributed by atoms with Crippen LogP contribution in [-0.2, 0) is 0 Å². The Balaban J connectivity index is 3.16. The highest BCUT2D eigenvalue weighted by Crippen LogP contribution is 2.31. The second-order valence-electron chi connectivity index (χ2n) is 4.52. The fourth-order valence-corrected chi connectivity index (χ4v) is 2.52. The third-order valence-corrected chi connectivity index (χ3v) is 3.87. The van der Waals surface area contributed by atoms with Crippen molar-refractivity contribution in [2.24, 2.45) is 5.92 Å². The molecule has 0 heterocycles. The minimum atomic E-state index is 0.203. The zero-order valence-corrected chi connectivity index (χ0v) is 12.0. The third-order valence-electron chi connectivity index (χ3n) is 3.01. The van der Waals surface area contributed by atoms with Crippen LogP contribution in [0, 0.1) is 12.8 Å². The Hall–Kier alpha value is -0.380. The van der Waals surface area contributed by atoms with Crippen LogP contribution in [0.4, 0.5) is 0 Å². The molecule has 0 aromatic heterocycles. The molecule has 16 heavy (non-hydrogen) atoms. The lowest BCUT2D eigenvalue weighted by atomic mass is 9.91. The van der Waals surface area contributed by atoms with Gasteiger partial charge in [0.15, 0.2) is 0 Å². The lowest BCUT2D eigenvalue weighted by Crippen LogP contribution is -2.28. The summed E-state index contributed by atoms with van der Waals surface area (Å²) in [5.74, 6) is 0.225. The van der Waals surface area contributed by atoms with Gasteiger partial charge in [-0.05, 0) is 44.1 Å². The van der Waals surface area contributed by atoms with E-state index < -0.39 is 0 Å². The zero-order valence-electron chi connectivity index (χ0n) is 10.4. The van der Waals surface area contributed by atoms with E-state index in [4.69, 9.17) is 0 Å². The Bertz CT molecular complexity index is 352. The second-order valence-corrected chi connectivity index (χ2v) is 5.38. The summed E-state index contributed by atoms with van der Waals surface area (Å²) in [6, 6.07) is 6.49. The molecular formula is C13H20BrNO. The number of hydrogen-bond acceptors (Lipinski definition) is 2. The van der Waals surface area contributed by atoms with Crippen molar-refractivity contribution in [3.8, 4) is 0 Å². The molecule has 2 unspecified atom stereocenters. The van der Waals surface area contributed by atoms with Gasteiger partial charge in [0.05, 0.1) is 0 Å². The van der Waals surface area contributed by atoms with Crippen LogP contribution in [0.25, 0.3) is 0 Å². The molecule has 2 atom stereocenters. The molecule has 3 heteroatoms. The number of hydrogen-bond donors (Lipinski definition) is 1. The zero-order chi connectivity index (χ0) is 12.3. The first-order valence-electron chi connectivity index (χ1n) is 5.51. The number of benzene rings is 1. The maximum Gasteiger partial charge on any atom is 0.0474 e. The van der Waals surface area contributed by atoms with Gasteiger partial charge in [-0.15, -0.1) is 0 Å². The molecule has 1 aromatic rings. The molecule has 1 rings (SSSR count). The van der Waals surface area contributed by atoms with E-state index >= 15 is 0 Å². The second kappa shape index (κ2) is 5.80. The van der Waals surface area contributed by atoms with Crippen LogP contribution in [0.3, 0.4) is 0 Å². The molecule has 0 aliphatic heterocycles. The van der Waals surface area contributed by atoms with Crippen LogP contribution in [-0.4, -0.2) is 30.7 Å². The monoisotopic (exact) mass is 285 g/mol. The van der Waals surface area contributed by atoms with Crippen molar-refractivity contribution >= 4 is 15.9 Å². The molecule has 0 radical (unpaired) electrons. The van der Waals surface area contributed by atoms with Crippen LogP contribution in [0.1, 0.15) is 24.1 Å². The normalized spacial score (nSPS) is 15.2. The summed E-state index contributed by atoms with van der Waals surface area (Å²) in [6.45, 7) is 4.39. The average molecular weight is 286 g/mol. The van der Waals surface area contributed by atoms with E-state index in [9.17, 15) is 5.11 Å². The lowest BCUT2D eigenvalue weighted by Gasteiger charge is -2.31. The van der Waals surface area contributed by atoms with Crippen LogP contribution in [0.2, 0.25) is 0 Å². The number of rotatable bonds is 4. The minimum absolute atomic E-state index is 0.203. The summed E-state index contributed by atoms with van der Waals surface area (Å²) >= 11 is 3.55. The average Bonchev–Trinajstić information content (AvgIpc) is 2.24. The Kier molecular flexibility index (Phi) is 4.96. The van der Waals surface area contributed by atoms with Gasteiger partial charge < -0.3 is 10.0 Å². The van der Waals surface area contributed by atoms with Gasteiger partial charge >= 0.3 is 0 Å². The molecule has 0 fully saturated rings. The SMILES string of the molecule is Cc1c(Br)cccc1C(C(C)CO)N(C)C. The summed E-state index contributed by atoms with van der Waals surface area (Å²) in [4.78, 5) is 2.16. The molecule has 0 aliphatic rings. The highest BCUT2D eigenvalue weighted by Gasteiger charge is 2.22. The predicted molar refractivity (Wildman–Crippen MR) is 71.6 cm³/mol. The summed E-state index contributed by atoms with van der Waals surface area (Å²) in [6.07, 6.45) is 0. The van der Waals surface area contributed by atoms with Crippen molar-refractivity contribution < 1.29 is 5.11 Å². The topological polar surface area (TPSA) is 23.5 Å². The number of nitrogens with zero attached hydrogens (tertiary/aromatic N) is 1. The van der Waals surface area contributed by atoms with Crippen molar-refractivity contribution in [3.05, 3.63) is 33.8 Å². The lowest BCUT2D eigenvalue weighted by molar-refractivity contribution is 0.145. The fourth-order valence-electron chi connectivity index (χ4n) is 2.14. The van der Waals surface area contributed by atoms with Gasteiger partial charge in [-0.3, -0.25) is 0 Å². The van der Waals surface area contributed by atoms with Crippen molar-refractivity contribution in [2.45, 2.75) is 19.9 Å². The first kappa shape index (κ1) is 13.7. The van der Waals surface area contributed by atoms with Crippen molar-refractivity contribution in [1.29, 1.82) is 0 Å². The van der Waals surface area contributed by atoms with Gasteiger partial charge in [0.25, 0.3) is 0 Å². The van der Waals surface area contributed by atoms with Gasteiger partial charge in [0, 0.05) is 17.1 Å². The van der Waals surface area contributed by atoms with Gasteiger partial charge in [-0.1, -0.05) is 35.0 Å². The molecule has 0 saturated heterocycles. The van der Waals surface area contributed by atoms with Crippen LogP contribution in [0.5, 0.6) is 0 Å². The van der Waals surface area contributed by atoms with E-state index in [0.29, 0.717) is 0 Å². The largest absolute Gasteiger partial charge is 0.396 e. The van der Waals surface area contributed by atoms with E-state index in [-0.39, 0.29) is 18.6 Å². The first-order valence-corrected chi connectivity index (χ1v) is 6.30. The van der Waals surface area contributed by atoms with Crippen LogP contribution < -0.4 is 0 Å². The maximum atomic E-state index is 9.34. The summed E-state index contributed by atoms with van der Waals surface area (Å²) in [5.41, 5.74) is 2.53. The molecule has 1 aromatic carbocycles. The highest BCUT2D eigenvalue weighted by atomic mass is 79.9. The quantitative estimate of drug-likeness (QED) is 0.919. The van der Waals surface area contributed by atoms with Gasteiger partial charge in [-0.2, -0.15) is 0 Å². The standard InChI is InChI=1S/C13H20BrNO/c1-9(8-16)13(15(3)4)11-6-5-7-12(14)10(11)2/h5-7,9,13,16H,8H2,1-4H3. The van der Waals surface area contributed by atoms with E-state index in [1.807, 2.05) is 6.07 Å². The Morgan fingerprint density at radius 3 is 2.50 bits per heavy atom. The summed E-state index contributed by atoms with van der Waals surface area (Å²) in [5, 5.41) is 9.34. The summed E-state index contributed by atoms with van der Waals surface area (Å²) in [7, 11) is 4.11.